The number of amides is 1. The van der Waals surface area contributed by atoms with E-state index in [1.54, 1.807) is 6.92 Å². The van der Waals surface area contributed by atoms with E-state index in [0.29, 0.717) is 15.7 Å². The predicted molar refractivity (Wildman–Crippen MR) is 90.9 cm³/mol. The Morgan fingerprint density at radius 2 is 1.95 bits per heavy atom. The zero-order chi connectivity index (χ0) is 15.0. The lowest BCUT2D eigenvalue weighted by Crippen LogP contribution is -2.11. The maximum atomic E-state index is 12.4. The summed E-state index contributed by atoms with van der Waals surface area (Å²) in [5, 5.41) is 5.37. The number of aromatic nitrogens is 1. The number of nitrogens with one attached hydrogen (secondary N) is 1. The molecule has 3 rings (SSSR count). The maximum absolute atomic E-state index is 12.4. The first-order valence-corrected chi connectivity index (χ1v) is 7.88. The second kappa shape index (κ2) is 5.46. The van der Waals surface area contributed by atoms with E-state index in [4.69, 9.17) is 5.73 Å². The molecule has 21 heavy (non-hydrogen) atoms. The lowest BCUT2D eigenvalue weighted by atomic mass is 10.1. The fourth-order valence-corrected chi connectivity index (χ4v) is 3.39. The van der Waals surface area contributed by atoms with E-state index in [1.807, 2.05) is 36.4 Å². The molecule has 0 fully saturated rings. The summed E-state index contributed by atoms with van der Waals surface area (Å²) in [6.07, 6.45) is 0. The van der Waals surface area contributed by atoms with Gasteiger partial charge in [-0.2, -0.15) is 0 Å². The highest BCUT2D eigenvalue weighted by atomic mass is 79.9. The summed E-state index contributed by atoms with van der Waals surface area (Å²) in [5.41, 5.74) is 7.06. The topological polar surface area (TPSA) is 68.0 Å². The van der Waals surface area contributed by atoms with Crippen LogP contribution in [0.5, 0.6) is 0 Å². The van der Waals surface area contributed by atoms with Gasteiger partial charge in [0.15, 0.2) is 5.13 Å². The summed E-state index contributed by atoms with van der Waals surface area (Å²) >= 11 is 4.72. The van der Waals surface area contributed by atoms with Gasteiger partial charge in [-0.15, -0.1) is 0 Å². The largest absolute Gasteiger partial charge is 0.375 e. The molecule has 6 heteroatoms. The molecule has 1 amide bonds. The summed E-state index contributed by atoms with van der Waals surface area (Å²) in [6, 6.07) is 11.7. The van der Waals surface area contributed by atoms with Gasteiger partial charge in [-0.1, -0.05) is 51.5 Å². The Labute approximate surface area is 134 Å². The van der Waals surface area contributed by atoms with Crippen molar-refractivity contribution in [2.24, 2.45) is 0 Å². The molecule has 0 saturated heterocycles. The monoisotopic (exact) mass is 361 g/mol. The van der Waals surface area contributed by atoms with Crippen LogP contribution in [0.4, 0.5) is 10.8 Å². The molecule has 0 atom stereocenters. The predicted octanol–water partition coefficient (Wildman–Crippen LogP) is 4.20. The number of halogens is 1. The number of hydrogen-bond acceptors (Lipinski definition) is 4. The third-order valence-corrected chi connectivity index (χ3v) is 4.82. The molecule has 0 unspecified atom stereocenters. The molecule has 2 aromatic carbocycles. The van der Waals surface area contributed by atoms with Gasteiger partial charge in [-0.05, 0) is 24.4 Å². The normalized spacial score (nSPS) is 10.8. The second-order valence-electron chi connectivity index (χ2n) is 4.56. The molecule has 4 nitrogen and oxygen atoms in total. The summed E-state index contributed by atoms with van der Waals surface area (Å²) in [5.74, 6) is -0.186. The summed E-state index contributed by atoms with van der Waals surface area (Å²) in [6.45, 7) is 1.78. The van der Waals surface area contributed by atoms with E-state index in [2.05, 4.69) is 26.2 Å². The fraction of sp³-hybridized carbons (Fsp3) is 0.0667. The molecule has 0 bridgehead atoms. The van der Waals surface area contributed by atoms with Crippen LogP contribution in [0.1, 0.15) is 15.4 Å². The molecule has 0 aliphatic carbocycles. The number of aryl methyl sites for hydroxylation is 1. The van der Waals surface area contributed by atoms with Crippen LogP contribution in [0.3, 0.4) is 0 Å². The maximum Gasteiger partial charge on any atom is 0.267 e. The lowest BCUT2D eigenvalue weighted by Gasteiger charge is -2.09. The number of carbonyl (C=O) groups is 1. The molecular formula is C15H12BrN3OS. The van der Waals surface area contributed by atoms with Crippen LogP contribution in [0.15, 0.2) is 40.9 Å². The van der Waals surface area contributed by atoms with Crippen molar-refractivity contribution in [3.05, 3.63) is 51.4 Å². The van der Waals surface area contributed by atoms with Gasteiger partial charge in [-0.3, -0.25) is 4.79 Å². The molecule has 0 saturated carbocycles. The minimum Gasteiger partial charge on any atom is -0.375 e. The SMILES string of the molecule is Cc1nc(N)sc1C(=O)Nc1ccc(Br)c2ccccc12. The van der Waals surface area contributed by atoms with Crippen LogP contribution in [0.2, 0.25) is 0 Å². The van der Waals surface area contributed by atoms with E-state index in [0.717, 1.165) is 20.9 Å². The summed E-state index contributed by atoms with van der Waals surface area (Å²) < 4.78 is 0.995. The van der Waals surface area contributed by atoms with Gasteiger partial charge in [0.1, 0.15) is 4.88 Å². The minimum atomic E-state index is -0.186. The van der Waals surface area contributed by atoms with Crippen LogP contribution < -0.4 is 11.1 Å². The molecule has 1 heterocycles. The van der Waals surface area contributed by atoms with Gasteiger partial charge in [0.2, 0.25) is 0 Å². The first-order chi connectivity index (χ1) is 10.1. The van der Waals surface area contributed by atoms with E-state index < -0.39 is 0 Å². The number of benzene rings is 2. The minimum absolute atomic E-state index is 0.186. The third-order valence-electron chi connectivity index (χ3n) is 3.14. The Bertz CT molecular complexity index is 844. The van der Waals surface area contributed by atoms with Gasteiger partial charge >= 0.3 is 0 Å². The molecule has 106 valence electrons. The van der Waals surface area contributed by atoms with Gasteiger partial charge in [0.25, 0.3) is 5.91 Å². The van der Waals surface area contributed by atoms with Crippen molar-refractivity contribution in [1.29, 1.82) is 0 Å². The van der Waals surface area contributed by atoms with Crippen molar-refractivity contribution < 1.29 is 4.79 Å². The smallest absolute Gasteiger partial charge is 0.267 e. The van der Waals surface area contributed by atoms with Crippen LogP contribution in [-0.2, 0) is 0 Å². The highest BCUT2D eigenvalue weighted by molar-refractivity contribution is 9.10. The molecule has 0 aliphatic heterocycles. The second-order valence-corrected chi connectivity index (χ2v) is 6.45. The first-order valence-electron chi connectivity index (χ1n) is 6.28. The third kappa shape index (κ3) is 2.64. The number of rotatable bonds is 2. The van der Waals surface area contributed by atoms with Crippen molar-refractivity contribution in [2.45, 2.75) is 6.92 Å². The number of nitrogen functional groups attached to an aromatic ring is 1. The molecule has 1 aromatic heterocycles. The van der Waals surface area contributed by atoms with Gasteiger partial charge in [-0.25, -0.2) is 4.98 Å². The van der Waals surface area contributed by atoms with Crippen LogP contribution in [-0.4, -0.2) is 10.9 Å². The fourth-order valence-electron chi connectivity index (χ4n) is 2.18. The number of carbonyl (C=O) groups excluding carboxylic acids is 1. The molecule has 3 aromatic rings. The van der Waals surface area contributed by atoms with Gasteiger partial charge < -0.3 is 11.1 Å². The van der Waals surface area contributed by atoms with Crippen LogP contribution >= 0.6 is 27.3 Å². The number of anilines is 2. The Kier molecular flexibility index (Phi) is 3.65. The van der Waals surface area contributed by atoms with E-state index >= 15 is 0 Å². The van der Waals surface area contributed by atoms with Crippen molar-refractivity contribution in [3.8, 4) is 0 Å². The van der Waals surface area contributed by atoms with E-state index in [-0.39, 0.29) is 5.91 Å². The average molecular weight is 362 g/mol. The van der Waals surface area contributed by atoms with E-state index in [9.17, 15) is 4.79 Å². The Hall–Kier alpha value is -1.92. The van der Waals surface area contributed by atoms with Crippen molar-refractivity contribution in [2.75, 3.05) is 11.1 Å². The quantitative estimate of drug-likeness (QED) is 0.718. The molecule has 0 radical (unpaired) electrons. The number of nitrogens with zero attached hydrogens (tertiary/aromatic N) is 1. The first kappa shape index (κ1) is 14.0. The molecule has 0 spiro atoms. The van der Waals surface area contributed by atoms with Crippen LogP contribution in [0.25, 0.3) is 10.8 Å². The van der Waals surface area contributed by atoms with Gasteiger partial charge in [0.05, 0.1) is 5.69 Å². The number of fused-ring (bicyclic) bond motifs is 1. The summed E-state index contributed by atoms with van der Waals surface area (Å²) in [7, 11) is 0. The zero-order valence-electron chi connectivity index (χ0n) is 11.2. The van der Waals surface area contributed by atoms with Gasteiger partial charge in [0, 0.05) is 15.5 Å². The molecule has 0 aliphatic rings. The van der Waals surface area contributed by atoms with Crippen molar-refractivity contribution in [3.63, 3.8) is 0 Å². The van der Waals surface area contributed by atoms with E-state index in [1.165, 1.54) is 11.3 Å². The number of nitrogens with two attached hydrogens (primary N) is 1. The standard InChI is InChI=1S/C15H12BrN3OS/c1-8-13(21-15(17)18-8)14(20)19-12-7-6-11(16)9-4-2-3-5-10(9)12/h2-7H,1H3,(H2,17,18)(H,19,20). The number of hydrogen-bond donors (Lipinski definition) is 2. The van der Waals surface area contributed by atoms with Crippen molar-refractivity contribution >= 4 is 54.8 Å². The summed E-state index contributed by atoms with van der Waals surface area (Å²) in [4.78, 5) is 17.0. The molecule has 3 N–H and O–H groups in total. The Morgan fingerprint density at radius 3 is 2.62 bits per heavy atom. The average Bonchev–Trinajstić information content (AvgIpc) is 2.81. The zero-order valence-corrected chi connectivity index (χ0v) is 13.6. The Balaban J connectivity index is 2.01. The van der Waals surface area contributed by atoms with Crippen molar-refractivity contribution in [1.82, 2.24) is 4.98 Å². The molecular weight excluding hydrogens is 350 g/mol. The number of thiazole rings is 1. The highest BCUT2D eigenvalue weighted by Crippen LogP contribution is 2.31. The lowest BCUT2D eigenvalue weighted by molar-refractivity contribution is 0.103. The van der Waals surface area contributed by atoms with Crippen LogP contribution in [0, 0.1) is 6.92 Å². The highest BCUT2D eigenvalue weighted by Gasteiger charge is 2.15. The Morgan fingerprint density at radius 1 is 1.24 bits per heavy atom.